The van der Waals surface area contributed by atoms with Crippen molar-refractivity contribution in [3.8, 4) is 11.8 Å². The van der Waals surface area contributed by atoms with Crippen molar-refractivity contribution < 1.29 is 29.6 Å². The van der Waals surface area contributed by atoms with Gasteiger partial charge in [0.25, 0.3) is 0 Å². The Morgan fingerprint density at radius 2 is 2.04 bits per heavy atom. The molecule has 2 heterocycles. The predicted octanol–water partition coefficient (Wildman–Crippen LogP) is 5.21. The van der Waals surface area contributed by atoms with Gasteiger partial charge >= 0.3 is 0 Å². The Morgan fingerprint density at radius 3 is 2.80 bits per heavy atom. The van der Waals surface area contributed by atoms with Crippen molar-refractivity contribution in [2.45, 2.75) is 116 Å². The molecule has 1 aromatic rings. The van der Waals surface area contributed by atoms with Crippen LogP contribution in [0.2, 0.25) is 0 Å². The summed E-state index contributed by atoms with van der Waals surface area (Å²) in [7, 11) is 0. The number of hydrogen-bond acceptors (Lipinski definition) is 8. The Labute approximate surface area is 321 Å². The summed E-state index contributed by atoms with van der Waals surface area (Å²) in [6.07, 6.45) is 11.5. The highest BCUT2D eigenvalue weighted by Gasteiger charge is 2.64. The number of nitrogens with two attached hydrogens (primary N) is 1. The molecular formula is C45H61N3O6. The summed E-state index contributed by atoms with van der Waals surface area (Å²) >= 11 is 0. The van der Waals surface area contributed by atoms with Crippen LogP contribution < -0.4 is 16.4 Å². The molecule has 2 aliphatic heterocycles. The van der Waals surface area contributed by atoms with Gasteiger partial charge < -0.3 is 36.4 Å². The minimum absolute atomic E-state index is 0.0371. The second-order valence-corrected chi connectivity index (χ2v) is 15.9. The van der Waals surface area contributed by atoms with E-state index in [1.165, 1.54) is 5.57 Å². The van der Waals surface area contributed by atoms with Gasteiger partial charge in [0.1, 0.15) is 12.8 Å². The molecule has 5 rings (SSSR count). The van der Waals surface area contributed by atoms with Crippen LogP contribution in [0.25, 0.3) is 0 Å². The summed E-state index contributed by atoms with van der Waals surface area (Å²) in [4.78, 5) is 26.6. The number of ether oxygens (including phenoxy) is 1. The first-order valence-corrected chi connectivity index (χ1v) is 19.7. The summed E-state index contributed by atoms with van der Waals surface area (Å²) in [5.41, 5.74) is 11.1. The standard InChI is InChI=1S/C45H61N3O6/c1-6-47-39-19-18-29(2)12-7-8-25-54-28-33(15-9-13-30(39)3)35-21-23-45(42(35)52)38(17-11-24-49)34(20-22-44(45,5)53)31(4)40(50)26-32-14-10-16-36-37(32)27-41(51)48-43(36)46/h9-10,13-16,18,35,38-39,42-43,47,49,52-53H,3,6,11-12,17,19-28,46H2,1-2,4-5H3,(H,48,51). The van der Waals surface area contributed by atoms with Crippen molar-refractivity contribution >= 4 is 11.7 Å². The fourth-order valence-electron chi connectivity index (χ4n) is 9.50. The Kier molecular flexibility index (Phi) is 14.1. The van der Waals surface area contributed by atoms with Crippen LogP contribution in [0.5, 0.6) is 0 Å². The van der Waals surface area contributed by atoms with Gasteiger partial charge in [0.05, 0.1) is 24.7 Å². The van der Waals surface area contributed by atoms with Gasteiger partial charge in [-0.15, -0.1) is 0 Å². The molecule has 0 radical (unpaired) electrons. The van der Waals surface area contributed by atoms with E-state index in [-0.39, 0.29) is 62.2 Å². The number of aliphatic hydroxyl groups excluding tert-OH is 2. The molecular weight excluding hydrogens is 679 g/mol. The number of ketones is 1. The quantitative estimate of drug-likeness (QED) is 0.115. The molecule has 0 aromatic heterocycles. The highest BCUT2D eigenvalue weighted by molar-refractivity contribution is 5.97. The van der Waals surface area contributed by atoms with Gasteiger partial charge in [0.2, 0.25) is 5.91 Å². The number of hydrogen-bond donors (Lipinski definition) is 6. The maximum atomic E-state index is 14.2. The van der Waals surface area contributed by atoms with Crippen LogP contribution in [0.4, 0.5) is 0 Å². The third-order valence-electron chi connectivity index (χ3n) is 12.5. The topological polar surface area (TPSA) is 154 Å². The molecule has 2 fully saturated rings. The molecule has 7 unspecified atom stereocenters. The molecule has 9 heteroatoms. The van der Waals surface area contributed by atoms with E-state index in [2.05, 4.69) is 49.0 Å². The molecule has 2 saturated carbocycles. The Balaban J connectivity index is 1.48. The van der Waals surface area contributed by atoms with Gasteiger partial charge in [-0.1, -0.05) is 79.0 Å². The number of fused-ring (bicyclic) bond motifs is 1. The zero-order valence-corrected chi connectivity index (χ0v) is 32.7. The normalized spacial score (nSPS) is 31.7. The van der Waals surface area contributed by atoms with Crippen molar-refractivity contribution in [3.63, 3.8) is 0 Å². The molecule has 1 aromatic carbocycles. The Morgan fingerprint density at radius 1 is 1.24 bits per heavy atom. The molecule has 54 heavy (non-hydrogen) atoms. The van der Waals surface area contributed by atoms with Crippen molar-refractivity contribution in [2.75, 3.05) is 26.4 Å². The fourth-order valence-corrected chi connectivity index (χ4v) is 9.50. The number of nitrogens with one attached hydrogen (secondary N) is 2. The zero-order chi connectivity index (χ0) is 39.0. The third-order valence-corrected chi connectivity index (χ3v) is 12.5. The van der Waals surface area contributed by atoms with Crippen LogP contribution >= 0.6 is 0 Å². The van der Waals surface area contributed by atoms with E-state index in [1.54, 1.807) is 0 Å². The van der Waals surface area contributed by atoms with E-state index in [1.807, 2.05) is 50.3 Å². The number of carbonyl (C=O) groups excluding carboxylic acids is 2. The van der Waals surface area contributed by atoms with Crippen molar-refractivity contribution in [1.82, 2.24) is 10.6 Å². The molecule has 0 saturated heterocycles. The average molecular weight is 740 g/mol. The van der Waals surface area contributed by atoms with Crippen LogP contribution in [0, 0.1) is 29.1 Å². The highest BCUT2D eigenvalue weighted by Crippen LogP contribution is 2.63. The van der Waals surface area contributed by atoms with E-state index >= 15 is 0 Å². The third kappa shape index (κ3) is 8.91. The summed E-state index contributed by atoms with van der Waals surface area (Å²) in [6.45, 7) is 13.5. The molecule has 1 amide bonds. The molecule has 292 valence electrons. The van der Waals surface area contributed by atoms with Crippen LogP contribution in [0.3, 0.4) is 0 Å². The maximum Gasteiger partial charge on any atom is 0.225 e. The summed E-state index contributed by atoms with van der Waals surface area (Å²) in [5, 5.41) is 41.3. The molecule has 9 nitrogen and oxygen atoms in total. The SMILES string of the molecule is C=C1C=CC=C(C2CCC3(C(CCCO)C(=C(C)C(=O)Cc4cccc5c4CC(=O)NC5N)CCC3(C)O)C2O)COCC#CCC(C)=CCC1NCC. The van der Waals surface area contributed by atoms with Crippen molar-refractivity contribution in [3.05, 3.63) is 93.6 Å². The fraction of sp³-hybridized carbons (Fsp3) is 0.556. The van der Waals surface area contributed by atoms with Gasteiger partial charge in [-0.25, -0.2) is 0 Å². The van der Waals surface area contributed by atoms with E-state index in [9.17, 15) is 24.9 Å². The van der Waals surface area contributed by atoms with Crippen molar-refractivity contribution in [2.24, 2.45) is 23.0 Å². The molecule has 4 aliphatic rings. The lowest BCUT2D eigenvalue weighted by atomic mass is 9.52. The molecule has 7 N–H and O–H groups in total. The minimum atomic E-state index is -1.23. The Hall–Kier alpha value is -3.62. The minimum Gasteiger partial charge on any atom is -0.396 e. The molecule has 7 atom stereocenters. The van der Waals surface area contributed by atoms with Gasteiger partial charge in [0.15, 0.2) is 5.78 Å². The van der Waals surface area contributed by atoms with Gasteiger partial charge in [-0.2, -0.15) is 0 Å². The summed E-state index contributed by atoms with van der Waals surface area (Å²) < 4.78 is 6.10. The second kappa shape index (κ2) is 18.3. The van der Waals surface area contributed by atoms with Crippen LogP contribution in [-0.2, 0) is 27.2 Å². The van der Waals surface area contributed by atoms with E-state index in [0.29, 0.717) is 50.5 Å². The maximum absolute atomic E-state index is 14.2. The number of allylic oxidation sites excluding steroid dienone is 5. The molecule has 2 aliphatic carbocycles. The predicted molar refractivity (Wildman–Crippen MR) is 213 cm³/mol. The first kappa shape index (κ1) is 41.5. The van der Waals surface area contributed by atoms with Crippen LogP contribution in [0.1, 0.15) is 102 Å². The average Bonchev–Trinajstić information content (AvgIpc) is 3.48. The first-order chi connectivity index (χ1) is 25.8. The summed E-state index contributed by atoms with van der Waals surface area (Å²) in [5.74, 6) is 5.50. The zero-order valence-electron chi connectivity index (χ0n) is 32.7. The smallest absolute Gasteiger partial charge is 0.225 e. The lowest BCUT2D eigenvalue weighted by Gasteiger charge is -2.55. The lowest BCUT2D eigenvalue weighted by molar-refractivity contribution is -0.167. The van der Waals surface area contributed by atoms with Crippen molar-refractivity contribution in [1.29, 1.82) is 0 Å². The van der Waals surface area contributed by atoms with Crippen LogP contribution in [0.15, 0.2) is 76.9 Å². The van der Waals surface area contributed by atoms with E-state index < -0.39 is 23.3 Å². The molecule has 0 bridgehead atoms. The van der Waals surface area contributed by atoms with Gasteiger partial charge in [0, 0.05) is 36.8 Å². The lowest BCUT2D eigenvalue weighted by Crippen LogP contribution is -2.59. The number of carbonyl (C=O) groups is 2. The number of rotatable bonds is 9. The van der Waals surface area contributed by atoms with Gasteiger partial charge in [-0.05, 0) is 112 Å². The molecule has 1 spiro atoms. The van der Waals surface area contributed by atoms with E-state index in [4.69, 9.17) is 10.5 Å². The summed E-state index contributed by atoms with van der Waals surface area (Å²) in [6, 6.07) is 5.73. The Bertz CT molecular complexity index is 1760. The number of likely N-dealkylation sites (N-methyl/N-ethyl adjacent to an activating group) is 1. The number of Topliss-reactive ketones (excluding diaryl/α,β-unsaturated/α-hetero) is 1. The number of benzene rings is 1. The second-order valence-electron chi connectivity index (χ2n) is 15.9. The highest BCUT2D eigenvalue weighted by atomic mass is 16.5. The first-order valence-electron chi connectivity index (χ1n) is 19.7. The van der Waals surface area contributed by atoms with E-state index in [0.717, 1.165) is 46.4 Å². The van der Waals surface area contributed by atoms with Crippen LogP contribution in [-0.4, -0.2) is 71.1 Å². The van der Waals surface area contributed by atoms with Gasteiger partial charge in [-0.3, -0.25) is 9.59 Å². The number of aliphatic hydroxyl groups is 3. The monoisotopic (exact) mass is 739 g/mol. The largest absolute Gasteiger partial charge is 0.396 e. The number of amides is 1.